The molecule has 0 aliphatic carbocycles. The summed E-state index contributed by atoms with van der Waals surface area (Å²) in [4.78, 5) is 21.1. The number of carbonyl (C=O) groups is 1. The Balaban J connectivity index is 1.79. The van der Waals surface area contributed by atoms with Crippen molar-refractivity contribution in [1.82, 2.24) is 9.97 Å². The fourth-order valence-electron chi connectivity index (χ4n) is 2.46. The molecule has 0 saturated heterocycles. The number of nitrogens with zero attached hydrogens (tertiary/aromatic N) is 2. The zero-order valence-electron chi connectivity index (χ0n) is 14.2. The molecule has 0 aliphatic heterocycles. The SMILES string of the molecule is Cc1cc(C)nc(Nc2cccc(NC(=O)c3cc(Cl)ccc3Cl)c2)n1. The van der Waals surface area contributed by atoms with Gasteiger partial charge in [-0.05, 0) is 56.3 Å². The van der Waals surface area contributed by atoms with Gasteiger partial charge < -0.3 is 10.6 Å². The summed E-state index contributed by atoms with van der Waals surface area (Å²) in [7, 11) is 0. The number of anilines is 3. The normalized spacial score (nSPS) is 10.5. The second kappa shape index (κ2) is 7.72. The predicted molar refractivity (Wildman–Crippen MR) is 106 cm³/mol. The summed E-state index contributed by atoms with van der Waals surface area (Å²) in [6.45, 7) is 3.82. The summed E-state index contributed by atoms with van der Waals surface area (Å²) < 4.78 is 0. The highest BCUT2D eigenvalue weighted by Crippen LogP contribution is 2.23. The number of nitrogens with one attached hydrogen (secondary N) is 2. The quantitative estimate of drug-likeness (QED) is 0.629. The Bertz CT molecular complexity index is 955. The van der Waals surface area contributed by atoms with E-state index >= 15 is 0 Å². The molecule has 1 heterocycles. The molecule has 0 spiro atoms. The Morgan fingerprint density at radius 2 is 1.62 bits per heavy atom. The van der Waals surface area contributed by atoms with E-state index < -0.39 is 0 Å². The van der Waals surface area contributed by atoms with Crippen molar-refractivity contribution in [3.63, 3.8) is 0 Å². The van der Waals surface area contributed by atoms with Crippen LogP contribution in [0.4, 0.5) is 17.3 Å². The maximum atomic E-state index is 12.4. The molecule has 1 amide bonds. The van der Waals surface area contributed by atoms with E-state index in [0.29, 0.717) is 27.2 Å². The van der Waals surface area contributed by atoms with Crippen molar-refractivity contribution < 1.29 is 4.79 Å². The van der Waals surface area contributed by atoms with Crippen LogP contribution in [0, 0.1) is 13.8 Å². The third kappa shape index (κ3) is 4.50. The van der Waals surface area contributed by atoms with Crippen LogP contribution in [0.3, 0.4) is 0 Å². The molecule has 0 aliphatic rings. The number of halogens is 2. The number of benzene rings is 2. The average molecular weight is 387 g/mol. The number of carbonyl (C=O) groups excluding carboxylic acids is 1. The van der Waals surface area contributed by atoms with Gasteiger partial charge in [0, 0.05) is 27.8 Å². The highest BCUT2D eigenvalue weighted by Gasteiger charge is 2.12. The minimum absolute atomic E-state index is 0.315. The van der Waals surface area contributed by atoms with Gasteiger partial charge in [0.15, 0.2) is 0 Å². The van der Waals surface area contributed by atoms with Crippen LogP contribution in [0.15, 0.2) is 48.5 Å². The monoisotopic (exact) mass is 386 g/mol. The van der Waals surface area contributed by atoms with Crippen molar-refractivity contribution in [2.24, 2.45) is 0 Å². The van der Waals surface area contributed by atoms with E-state index in [4.69, 9.17) is 23.2 Å². The van der Waals surface area contributed by atoms with Gasteiger partial charge in [0.05, 0.1) is 10.6 Å². The Morgan fingerprint density at radius 1 is 0.923 bits per heavy atom. The number of amides is 1. The number of aryl methyl sites for hydroxylation is 2. The molecule has 5 nitrogen and oxygen atoms in total. The molecular formula is C19H16Cl2N4O. The van der Waals surface area contributed by atoms with Crippen LogP contribution in [-0.4, -0.2) is 15.9 Å². The largest absolute Gasteiger partial charge is 0.324 e. The van der Waals surface area contributed by atoms with E-state index in [-0.39, 0.29) is 5.91 Å². The van der Waals surface area contributed by atoms with Gasteiger partial charge in [-0.3, -0.25) is 4.79 Å². The van der Waals surface area contributed by atoms with Crippen molar-refractivity contribution >= 4 is 46.4 Å². The molecule has 132 valence electrons. The zero-order chi connectivity index (χ0) is 18.7. The molecule has 0 radical (unpaired) electrons. The number of aromatic nitrogens is 2. The van der Waals surface area contributed by atoms with E-state index in [1.165, 1.54) is 6.07 Å². The van der Waals surface area contributed by atoms with Gasteiger partial charge in [-0.15, -0.1) is 0 Å². The zero-order valence-corrected chi connectivity index (χ0v) is 15.7. The average Bonchev–Trinajstić information content (AvgIpc) is 2.56. The highest BCUT2D eigenvalue weighted by atomic mass is 35.5. The number of hydrogen-bond donors (Lipinski definition) is 2. The summed E-state index contributed by atoms with van der Waals surface area (Å²) in [5.41, 5.74) is 3.43. The van der Waals surface area contributed by atoms with Gasteiger partial charge >= 0.3 is 0 Å². The van der Waals surface area contributed by atoms with Crippen LogP contribution in [0.2, 0.25) is 10.0 Å². The van der Waals surface area contributed by atoms with Crippen LogP contribution in [-0.2, 0) is 0 Å². The fourth-order valence-corrected chi connectivity index (χ4v) is 2.83. The van der Waals surface area contributed by atoms with E-state index in [2.05, 4.69) is 20.6 Å². The minimum atomic E-state index is -0.336. The van der Waals surface area contributed by atoms with Crippen molar-refractivity contribution in [1.29, 1.82) is 0 Å². The topological polar surface area (TPSA) is 66.9 Å². The van der Waals surface area contributed by atoms with Crippen molar-refractivity contribution in [2.45, 2.75) is 13.8 Å². The van der Waals surface area contributed by atoms with Crippen LogP contribution < -0.4 is 10.6 Å². The molecule has 1 aromatic heterocycles. The summed E-state index contributed by atoms with van der Waals surface area (Å²) in [5.74, 6) is 0.168. The van der Waals surface area contributed by atoms with E-state index in [1.807, 2.05) is 32.0 Å². The lowest BCUT2D eigenvalue weighted by Gasteiger charge is -2.10. The molecule has 2 N–H and O–H groups in total. The molecule has 0 unspecified atom stereocenters. The lowest BCUT2D eigenvalue weighted by Crippen LogP contribution is -2.12. The summed E-state index contributed by atoms with van der Waals surface area (Å²) in [6.07, 6.45) is 0. The Kier molecular flexibility index (Phi) is 5.40. The van der Waals surface area contributed by atoms with Gasteiger partial charge in [0.2, 0.25) is 5.95 Å². The third-order valence-electron chi connectivity index (χ3n) is 3.53. The standard InChI is InChI=1S/C19H16Cl2N4O/c1-11-8-12(2)23-19(22-11)25-15-5-3-4-14(10-15)24-18(26)16-9-13(20)6-7-17(16)21/h3-10H,1-2H3,(H,24,26)(H,22,23,25). The summed E-state index contributed by atoms with van der Waals surface area (Å²) >= 11 is 12.0. The lowest BCUT2D eigenvalue weighted by molar-refractivity contribution is 0.102. The predicted octanol–water partition coefficient (Wildman–Crippen LogP) is 5.40. The fraction of sp³-hybridized carbons (Fsp3) is 0.105. The van der Waals surface area contributed by atoms with Crippen LogP contribution in [0.5, 0.6) is 0 Å². The number of hydrogen-bond acceptors (Lipinski definition) is 4. The molecule has 2 aromatic carbocycles. The minimum Gasteiger partial charge on any atom is -0.324 e. The first kappa shape index (κ1) is 18.2. The summed E-state index contributed by atoms with van der Waals surface area (Å²) in [6, 6.07) is 13.9. The van der Waals surface area contributed by atoms with Gasteiger partial charge in [-0.2, -0.15) is 0 Å². The van der Waals surface area contributed by atoms with Crippen molar-refractivity contribution in [3.8, 4) is 0 Å². The first-order chi connectivity index (χ1) is 12.4. The Hall–Kier alpha value is -2.63. The molecule has 3 aromatic rings. The Labute approximate surface area is 161 Å². The van der Waals surface area contributed by atoms with Gasteiger partial charge in [-0.25, -0.2) is 9.97 Å². The summed E-state index contributed by atoms with van der Waals surface area (Å²) in [5, 5.41) is 6.74. The molecule has 0 bridgehead atoms. The Morgan fingerprint density at radius 3 is 2.35 bits per heavy atom. The van der Waals surface area contributed by atoms with Gasteiger partial charge in [-0.1, -0.05) is 29.3 Å². The van der Waals surface area contributed by atoms with Crippen LogP contribution in [0.25, 0.3) is 0 Å². The van der Waals surface area contributed by atoms with E-state index in [1.54, 1.807) is 24.3 Å². The first-order valence-corrected chi connectivity index (χ1v) is 8.62. The van der Waals surface area contributed by atoms with Gasteiger partial charge in [0.25, 0.3) is 5.91 Å². The lowest BCUT2D eigenvalue weighted by atomic mass is 10.2. The molecule has 0 fully saturated rings. The molecule has 0 atom stereocenters. The molecule has 7 heteroatoms. The second-order valence-electron chi connectivity index (χ2n) is 5.76. The third-order valence-corrected chi connectivity index (χ3v) is 4.10. The van der Waals surface area contributed by atoms with E-state index in [9.17, 15) is 4.79 Å². The van der Waals surface area contributed by atoms with Crippen molar-refractivity contribution in [3.05, 3.63) is 75.5 Å². The molecule has 3 rings (SSSR count). The second-order valence-corrected chi connectivity index (χ2v) is 6.60. The van der Waals surface area contributed by atoms with Gasteiger partial charge in [0.1, 0.15) is 0 Å². The highest BCUT2D eigenvalue weighted by molar-refractivity contribution is 6.36. The first-order valence-electron chi connectivity index (χ1n) is 7.86. The van der Waals surface area contributed by atoms with Crippen LogP contribution >= 0.6 is 23.2 Å². The molecule has 0 saturated carbocycles. The smallest absolute Gasteiger partial charge is 0.257 e. The van der Waals surface area contributed by atoms with E-state index in [0.717, 1.165) is 17.1 Å². The molecular weight excluding hydrogens is 371 g/mol. The maximum absolute atomic E-state index is 12.4. The maximum Gasteiger partial charge on any atom is 0.257 e. The van der Waals surface area contributed by atoms with Crippen LogP contribution in [0.1, 0.15) is 21.7 Å². The van der Waals surface area contributed by atoms with Crippen molar-refractivity contribution in [2.75, 3.05) is 10.6 Å². The molecule has 26 heavy (non-hydrogen) atoms. The number of rotatable bonds is 4.